The fourth-order valence-electron chi connectivity index (χ4n) is 1.29. The number of aryl methyl sites for hydroxylation is 2. The van der Waals surface area contributed by atoms with Crippen molar-refractivity contribution >= 4 is 11.7 Å². The Morgan fingerprint density at radius 1 is 1.44 bits per heavy atom. The van der Waals surface area contributed by atoms with E-state index in [1.165, 1.54) is 0 Å². The highest BCUT2D eigenvalue weighted by molar-refractivity contribution is 5.90. The summed E-state index contributed by atoms with van der Waals surface area (Å²) in [7, 11) is 0. The van der Waals surface area contributed by atoms with E-state index in [1.54, 1.807) is 13.8 Å². The smallest absolute Gasteiger partial charge is 0.319 e. The van der Waals surface area contributed by atoms with E-state index in [9.17, 15) is 4.79 Å². The maximum atomic E-state index is 11.5. The Morgan fingerprint density at radius 3 is 2.62 bits per heavy atom. The lowest BCUT2D eigenvalue weighted by Gasteiger charge is -2.08. The first-order valence-electron chi connectivity index (χ1n) is 5.48. The van der Waals surface area contributed by atoms with Gasteiger partial charge < -0.3 is 15.2 Å². The van der Waals surface area contributed by atoms with Gasteiger partial charge in [-0.3, -0.25) is 0 Å². The lowest BCUT2D eigenvalue weighted by atomic mass is 10.1. The minimum absolute atomic E-state index is 0.213. The summed E-state index contributed by atoms with van der Waals surface area (Å²) in [5, 5.41) is 9.27. The molecule has 2 amide bonds. The summed E-state index contributed by atoms with van der Waals surface area (Å²) in [5.41, 5.74) is 1.35. The van der Waals surface area contributed by atoms with Crippen LogP contribution in [0.2, 0.25) is 0 Å². The fourth-order valence-corrected chi connectivity index (χ4v) is 1.29. The van der Waals surface area contributed by atoms with E-state index in [1.807, 2.05) is 0 Å². The van der Waals surface area contributed by atoms with Gasteiger partial charge >= 0.3 is 6.03 Å². The summed E-state index contributed by atoms with van der Waals surface area (Å²) < 4.78 is 4.95. The highest BCUT2D eigenvalue weighted by atomic mass is 16.5. The van der Waals surface area contributed by atoms with Gasteiger partial charge in [0.15, 0.2) is 5.76 Å². The van der Waals surface area contributed by atoms with Gasteiger partial charge in [-0.25, -0.2) is 4.79 Å². The summed E-state index contributed by atoms with van der Waals surface area (Å²) in [6, 6.07) is -0.213. The molecule has 5 heteroatoms. The number of urea groups is 1. The first-order chi connectivity index (χ1) is 7.50. The van der Waals surface area contributed by atoms with Crippen molar-refractivity contribution in [3.05, 3.63) is 11.5 Å². The second kappa shape index (κ2) is 5.53. The van der Waals surface area contributed by atoms with Gasteiger partial charge in [-0.15, -0.1) is 0 Å². The number of hydrogen-bond donors (Lipinski definition) is 2. The molecule has 0 aliphatic rings. The molecule has 0 saturated heterocycles. The predicted octanol–water partition coefficient (Wildman–Crippen LogP) is 2.46. The molecule has 1 aromatic rings. The van der Waals surface area contributed by atoms with Crippen molar-refractivity contribution in [3.63, 3.8) is 0 Å². The van der Waals surface area contributed by atoms with Gasteiger partial charge in [-0.2, -0.15) is 0 Å². The minimum Gasteiger partial charge on any atom is -0.359 e. The van der Waals surface area contributed by atoms with Crippen molar-refractivity contribution in [2.45, 2.75) is 34.1 Å². The van der Waals surface area contributed by atoms with Crippen LogP contribution in [0.15, 0.2) is 4.52 Å². The van der Waals surface area contributed by atoms with Crippen molar-refractivity contribution in [2.24, 2.45) is 5.92 Å². The molecule has 2 N–H and O–H groups in total. The highest BCUT2D eigenvalue weighted by Gasteiger charge is 2.11. The number of nitrogens with zero attached hydrogens (tertiary/aromatic N) is 1. The van der Waals surface area contributed by atoms with E-state index >= 15 is 0 Å². The number of amides is 2. The third-order valence-electron chi connectivity index (χ3n) is 2.28. The SMILES string of the molecule is Cc1noc(C)c1NC(=O)NCCC(C)C. The van der Waals surface area contributed by atoms with Gasteiger partial charge in [-0.1, -0.05) is 19.0 Å². The van der Waals surface area contributed by atoms with E-state index in [0.29, 0.717) is 29.6 Å². The van der Waals surface area contributed by atoms with Gasteiger partial charge in [-0.05, 0) is 26.2 Å². The van der Waals surface area contributed by atoms with Crippen molar-refractivity contribution in [1.82, 2.24) is 10.5 Å². The molecule has 0 saturated carbocycles. The van der Waals surface area contributed by atoms with Crippen LogP contribution < -0.4 is 10.6 Å². The molecule has 0 spiro atoms. The molecule has 0 aromatic carbocycles. The van der Waals surface area contributed by atoms with E-state index in [0.717, 1.165) is 6.42 Å². The Balaban J connectivity index is 2.40. The number of hydrogen-bond acceptors (Lipinski definition) is 3. The fraction of sp³-hybridized carbons (Fsp3) is 0.636. The molecule has 16 heavy (non-hydrogen) atoms. The summed E-state index contributed by atoms with van der Waals surface area (Å²) in [6.07, 6.45) is 0.967. The minimum atomic E-state index is -0.213. The molecular weight excluding hydrogens is 206 g/mol. The average Bonchev–Trinajstić information content (AvgIpc) is 2.49. The molecule has 0 aliphatic heterocycles. The molecule has 5 nitrogen and oxygen atoms in total. The summed E-state index contributed by atoms with van der Waals surface area (Å²) in [4.78, 5) is 11.5. The number of nitrogens with one attached hydrogen (secondary N) is 2. The summed E-state index contributed by atoms with van der Waals surface area (Å²) in [5.74, 6) is 1.20. The van der Waals surface area contributed by atoms with E-state index in [2.05, 4.69) is 29.6 Å². The van der Waals surface area contributed by atoms with Crippen molar-refractivity contribution in [1.29, 1.82) is 0 Å². The van der Waals surface area contributed by atoms with Crippen LogP contribution in [0.5, 0.6) is 0 Å². The number of anilines is 1. The Labute approximate surface area is 95.6 Å². The van der Waals surface area contributed by atoms with Gasteiger partial charge in [0.05, 0.1) is 0 Å². The van der Waals surface area contributed by atoms with Crippen molar-refractivity contribution in [2.75, 3.05) is 11.9 Å². The van der Waals surface area contributed by atoms with Crippen LogP contribution in [-0.2, 0) is 0 Å². The average molecular weight is 225 g/mol. The quantitative estimate of drug-likeness (QED) is 0.827. The molecule has 0 aliphatic carbocycles. The molecule has 0 unspecified atom stereocenters. The van der Waals surface area contributed by atoms with Gasteiger partial charge in [0.25, 0.3) is 0 Å². The molecule has 0 atom stereocenters. The lowest BCUT2D eigenvalue weighted by molar-refractivity contribution is 0.251. The zero-order chi connectivity index (χ0) is 12.1. The largest absolute Gasteiger partial charge is 0.359 e. The molecule has 0 bridgehead atoms. The van der Waals surface area contributed by atoms with Crippen LogP contribution in [0.25, 0.3) is 0 Å². The zero-order valence-corrected chi connectivity index (χ0v) is 10.3. The normalized spacial score (nSPS) is 10.6. The van der Waals surface area contributed by atoms with E-state index < -0.39 is 0 Å². The predicted molar refractivity (Wildman–Crippen MR) is 62.5 cm³/mol. The topological polar surface area (TPSA) is 67.2 Å². The molecule has 0 fully saturated rings. The van der Waals surface area contributed by atoms with Crippen LogP contribution in [0.4, 0.5) is 10.5 Å². The number of carbonyl (C=O) groups is 1. The van der Waals surface area contributed by atoms with Gasteiger partial charge in [0, 0.05) is 6.54 Å². The third-order valence-corrected chi connectivity index (χ3v) is 2.28. The maximum absolute atomic E-state index is 11.5. The van der Waals surface area contributed by atoms with Crippen molar-refractivity contribution < 1.29 is 9.32 Å². The molecule has 1 aromatic heterocycles. The maximum Gasteiger partial charge on any atom is 0.319 e. The highest BCUT2D eigenvalue weighted by Crippen LogP contribution is 2.18. The molecular formula is C11H19N3O2. The zero-order valence-electron chi connectivity index (χ0n) is 10.3. The molecule has 0 radical (unpaired) electrons. The Morgan fingerprint density at radius 2 is 2.12 bits per heavy atom. The first kappa shape index (κ1) is 12.5. The summed E-state index contributed by atoms with van der Waals surface area (Å²) in [6.45, 7) is 8.47. The Kier molecular flexibility index (Phi) is 4.34. The standard InChI is InChI=1S/C11H19N3O2/c1-7(2)5-6-12-11(15)13-10-8(3)14-16-9(10)4/h7H,5-6H2,1-4H3,(H2,12,13,15). The van der Waals surface area contributed by atoms with Crippen LogP contribution in [0.1, 0.15) is 31.7 Å². The second-order valence-corrected chi connectivity index (χ2v) is 4.26. The van der Waals surface area contributed by atoms with Crippen LogP contribution in [0.3, 0.4) is 0 Å². The molecule has 1 heterocycles. The molecule has 1 rings (SSSR count). The van der Waals surface area contributed by atoms with Crippen LogP contribution in [0, 0.1) is 19.8 Å². The monoisotopic (exact) mass is 225 g/mol. The summed E-state index contributed by atoms with van der Waals surface area (Å²) >= 11 is 0. The van der Waals surface area contributed by atoms with Crippen molar-refractivity contribution in [3.8, 4) is 0 Å². The number of aromatic nitrogens is 1. The van der Waals surface area contributed by atoms with Gasteiger partial charge in [0.1, 0.15) is 11.4 Å². The van der Waals surface area contributed by atoms with Crippen LogP contribution >= 0.6 is 0 Å². The van der Waals surface area contributed by atoms with Gasteiger partial charge in [0.2, 0.25) is 0 Å². The molecule has 90 valence electrons. The second-order valence-electron chi connectivity index (χ2n) is 4.26. The third kappa shape index (κ3) is 3.56. The Bertz CT molecular complexity index is 339. The lowest BCUT2D eigenvalue weighted by Crippen LogP contribution is -2.30. The van der Waals surface area contributed by atoms with E-state index in [-0.39, 0.29) is 6.03 Å². The Hall–Kier alpha value is -1.52. The first-order valence-corrected chi connectivity index (χ1v) is 5.48. The number of carbonyl (C=O) groups excluding carboxylic acids is 1. The number of rotatable bonds is 4. The van der Waals surface area contributed by atoms with E-state index in [4.69, 9.17) is 4.52 Å². The van der Waals surface area contributed by atoms with Crippen LogP contribution in [-0.4, -0.2) is 17.7 Å².